The van der Waals surface area contributed by atoms with Crippen molar-refractivity contribution in [2.75, 3.05) is 0 Å². The molecule has 0 radical (unpaired) electrons. The number of aromatic nitrogens is 2. The highest BCUT2D eigenvalue weighted by molar-refractivity contribution is 5.45. The molecule has 2 nitrogen and oxygen atoms in total. The van der Waals surface area contributed by atoms with E-state index in [2.05, 4.69) is 41.0 Å². The first-order chi connectivity index (χ1) is 6.86. The number of nitrogens with zero attached hydrogens (tertiary/aromatic N) is 2. The molecule has 0 saturated carbocycles. The molecule has 0 atom stereocenters. The molecule has 1 aromatic heterocycles. The molecule has 0 unspecified atom stereocenters. The van der Waals surface area contributed by atoms with E-state index >= 15 is 0 Å². The third-order valence-corrected chi connectivity index (χ3v) is 2.93. The van der Waals surface area contributed by atoms with Crippen LogP contribution in [0.2, 0.25) is 0 Å². The Morgan fingerprint density at radius 2 is 2.07 bits per heavy atom. The van der Waals surface area contributed by atoms with Gasteiger partial charge in [0.2, 0.25) is 0 Å². The zero-order valence-electron chi connectivity index (χ0n) is 8.20. The number of para-hydroxylation sites is 1. The third-order valence-electron chi connectivity index (χ3n) is 2.93. The zero-order valence-corrected chi connectivity index (χ0v) is 8.20. The standard InChI is InChI=1S/C12H12N2/c1-9-8-13-14-11(9)7-6-10-4-2-3-5-12(10)14/h2-5,8H,6-7H2,1H3. The highest BCUT2D eigenvalue weighted by Gasteiger charge is 2.17. The molecule has 2 heterocycles. The van der Waals surface area contributed by atoms with Crippen LogP contribution in [-0.2, 0) is 12.8 Å². The molecule has 0 fully saturated rings. The van der Waals surface area contributed by atoms with Crippen molar-refractivity contribution in [2.45, 2.75) is 19.8 Å². The quantitative estimate of drug-likeness (QED) is 0.614. The van der Waals surface area contributed by atoms with E-state index in [0.29, 0.717) is 0 Å². The van der Waals surface area contributed by atoms with Crippen LogP contribution in [0.15, 0.2) is 30.5 Å². The van der Waals surface area contributed by atoms with E-state index in [1.54, 1.807) is 0 Å². The van der Waals surface area contributed by atoms with Crippen LogP contribution < -0.4 is 0 Å². The Morgan fingerprint density at radius 3 is 3.00 bits per heavy atom. The lowest BCUT2D eigenvalue weighted by Crippen LogP contribution is -2.12. The van der Waals surface area contributed by atoms with Crippen LogP contribution in [0.4, 0.5) is 0 Å². The van der Waals surface area contributed by atoms with Crippen LogP contribution in [0.1, 0.15) is 16.8 Å². The fourth-order valence-electron chi connectivity index (χ4n) is 2.15. The van der Waals surface area contributed by atoms with Gasteiger partial charge in [0.1, 0.15) is 0 Å². The summed E-state index contributed by atoms with van der Waals surface area (Å²) in [6.45, 7) is 2.13. The maximum Gasteiger partial charge on any atom is 0.0680 e. The normalized spacial score (nSPS) is 13.5. The third kappa shape index (κ3) is 0.939. The summed E-state index contributed by atoms with van der Waals surface area (Å²) >= 11 is 0. The lowest BCUT2D eigenvalue weighted by Gasteiger charge is -2.18. The van der Waals surface area contributed by atoms with Crippen molar-refractivity contribution >= 4 is 0 Å². The monoisotopic (exact) mass is 184 g/mol. The second kappa shape index (κ2) is 2.71. The van der Waals surface area contributed by atoms with Gasteiger partial charge in [-0.2, -0.15) is 5.10 Å². The molecule has 0 spiro atoms. The summed E-state index contributed by atoms with van der Waals surface area (Å²) < 4.78 is 2.08. The summed E-state index contributed by atoms with van der Waals surface area (Å²) in [7, 11) is 0. The Morgan fingerprint density at radius 1 is 1.21 bits per heavy atom. The van der Waals surface area contributed by atoms with Gasteiger partial charge in [-0.05, 0) is 37.0 Å². The Kier molecular flexibility index (Phi) is 1.51. The highest BCUT2D eigenvalue weighted by Crippen LogP contribution is 2.25. The minimum atomic E-state index is 1.11. The van der Waals surface area contributed by atoms with Crippen molar-refractivity contribution in [3.8, 4) is 5.69 Å². The van der Waals surface area contributed by atoms with E-state index in [1.807, 2.05) is 6.20 Å². The van der Waals surface area contributed by atoms with Crippen LogP contribution >= 0.6 is 0 Å². The van der Waals surface area contributed by atoms with Gasteiger partial charge in [0, 0.05) is 5.69 Å². The van der Waals surface area contributed by atoms with Crippen molar-refractivity contribution in [1.29, 1.82) is 0 Å². The number of rotatable bonds is 0. The number of aryl methyl sites for hydroxylation is 2. The molecule has 0 bridgehead atoms. The van der Waals surface area contributed by atoms with Gasteiger partial charge in [0.15, 0.2) is 0 Å². The molecule has 70 valence electrons. The lowest BCUT2D eigenvalue weighted by molar-refractivity contribution is 0.734. The number of hydrogen-bond acceptors (Lipinski definition) is 1. The number of hydrogen-bond donors (Lipinski definition) is 0. The summed E-state index contributed by atoms with van der Waals surface area (Å²) in [5, 5.41) is 4.41. The van der Waals surface area contributed by atoms with Crippen molar-refractivity contribution in [1.82, 2.24) is 9.78 Å². The number of fused-ring (bicyclic) bond motifs is 3. The Labute approximate surface area is 83.2 Å². The fourth-order valence-corrected chi connectivity index (χ4v) is 2.15. The van der Waals surface area contributed by atoms with Gasteiger partial charge in [-0.3, -0.25) is 0 Å². The summed E-state index contributed by atoms with van der Waals surface area (Å²) in [4.78, 5) is 0. The van der Waals surface area contributed by atoms with Gasteiger partial charge >= 0.3 is 0 Å². The molecule has 1 aliphatic rings. The topological polar surface area (TPSA) is 17.8 Å². The maximum atomic E-state index is 4.41. The SMILES string of the molecule is Cc1cnn2c1CCc1ccccc1-2. The molecule has 0 amide bonds. The molecule has 0 saturated heterocycles. The van der Waals surface area contributed by atoms with Gasteiger partial charge in [0.25, 0.3) is 0 Å². The Hall–Kier alpha value is -1.57. The van der Waals surface area contributed by atoms with Gasteiger partial charge < -0.3 is 0 Å². The molecule has 0 aliphatic carbocycles. The predicted octanol–water partition coefficient (Wildman–Crippen LogP) is 2.28. The van der Waals surface area contributed by atoms with E-state index in [1.165, 1.54) is 22.5 Å². The second-order valence-corrected chi connectivity index (χ2v) is 3.81. The summed E-state index contributed by atoms with van der Waals surface area (Å²) in [6, 6.07) is 8.50. The van der Waals surface area contributed by atoms with Crippen LogP contribution in [-0.4, -0.2) is 9.78 Å². The van der Waals surface area contributed by atoms with Crippen LogP contribution in [0, 0.1) is 6.92 Å². The zero-order chi connectivity index (χ0) is 9.54. The van der Waals surface area contributed by atoms with E-state index < -0.39 is 0 Å². The summed E-state index contributed by atoms with van der Waals surface area (Å²) in [5.74, 6) is 0. The minimum Gasteiger partial charge on any atom is -0.237 e. The summed E-state index contributed by atoms with van der Waals surface area (Å²) in [6.07, 6.45) is 4.21. The molecule has 2 aromatic rings. The summed E-state index contributed by atoms with van der Waals surface area (Å²) in [5.41, 5.74) is 5.33. The van der Waals surface area contributed by atoms with Crippen molar-refractivity contribution in [2.24, 2.45) is 0 Å². The van der Waals surface area contributed by atoms with Crippen LogP contribution in [0.5, 0.6) is 0 Å². The first kappa shape index (κ1) is 7.80. The molecule has 1 aromatic carbocycles. The minimum absolute atomic E-state index is 1.11. The fraction of sp³-hybridized carbons (Fsp3) is 0.250. The smallest absolute Gasteiger partial charge is 0.0680 e. The number of benzene rings is 1. The predicted molar refractivity (Wildman–Crippen MR) is 55.7 cm³/mol. The van der Waals surface area contributed by atoms with Crippen LogP contribution in [0.25, 0.3) is 5.69 Å². The van der Waals surface area contributed by atoms with E-state index in [4.69, 9.17) is 0 Å². The van der Waals surface area contributed by atoms with E-state index in [-0.39, 0.29) is 0 Å². The molecule has 1 aliphatic heterocycles. The van der Waals surface area contributed by atoms with Gasteiger partial charge in [-0.25, -0.2) is 4.68 Å². The van der Waals surface area contributed by atoms with E-state index in [0.717, 1.165) is 12.8 Å². The molecule has 3 rings (SSSR count). The van der Waals surface area contributed by atoms with Gasteiger partial charge in [-0.15, -0.1) is 0 Å². The van der Waals surface area contributed by atoms with E-state index in [9.17, 15) is 0 Å². The van der Waals surface area contributed by atoms with Gasteiger partial charge in [0.05, 0.1) is 11.9 Å². The average Bonchev–Trinajstić information content (AvgIpc) is 2.61. The van der Waals surface area contributed by atoms with Crippen molar-refractivity contribution < 1.29 is 0 Å². The second-order valence-electron chi connectivity index (χ2n) is 3.81. The molecule has 2 heteroatoms. The highest BCUT2D eigenvalue weighted by atomic mass is 15.3. The van der Waals surface area contributed by atoms with Crippen molar-refractivity contribution in [3.05, 3.63) is 47.3 Å². The lowest BCUT2D eigenvalue weighted by atomic mass is 10.0. The molecular weight excluding hydrogens is 172 g/mol. The molecular formula is C12H12N2. The van der Waals surface area contributed by atoms with Crippen LogP contribution in [0.3, 0.4) is 0 Å². The van der Waals surface area contributed by atoms with Crippen molar-refractivity contribution in [3.63, 3.8) is 0 Å². The maximum absolute atomic E-state index is 4.41. The molecule has 0 N–H and O–H groups in total. The Balaban J connectivity index is 2.29. The Bertz CT molecular complexity index is 483. The first-order valence-corrected chi connectivity index (χ1v) is 4.98. The largest absolute Gasteiger partial charge is 0.237 e. The van der Waals surface area contributed by atoms with Gasteiger partial charge in [-0.1, -0.05) is 18.2 Å². The average molecular weight is 184 g/mol. The first-order valence-electron chi connectivity index (χ1n) is 4.98. The molecule has 14 heavy (non-hydrogen) atoms.